The summed E-state index contributed by atoms with van der Waals surface area (Å²) in [5.41, 5.74) is 1.58. The van der Waals surface area contributed by atoms with Crippen LogP contribution < -0.4 is 10.9 Å². The van der Waals surface area contributed by atoms with Crippen LogP contribution in [0.5, 0.6) is 0 Å². The molecule has 0 saturated carbocycles. The van der Waals surface area contributed by atoms with Crippen molar-refractivity contribution in [1.82, 2.24) is 8.75 Å². The summed E-state index contributed by atoms with van der Waals surface area (Å²) in [4.78, 5) is 0. The molecule has 2 fully saturated rings. The van der Waals surface area contributed by atoms with Gasteiger partial charge in [-0.1, -0.05) is 6.07 Å². The lowest BCUT2D eigenvalue weighted by atomic mass is 9.64. The monoisotopic (exact) mass is 388 g/mol. The molecule has 1 aromatic carbocycles. The molecular weight excluding hydrogens is 362 g/mol. The lowest BCUT2D eigenvalue weighted by Gasteiger charge is -2.32. The minimum Gasteiger partial charge on any atom is -0.399 e. The van der Waals surface area contributed by atoms with Gasteiger partial charge in [0, 0.05) is 5.46 Å². The number of fused-ring (bicyclic) bond motifs is 1. The van der Waals surface area contributed by atoms with Crippen LogP contribution in [0.25, 0.3) is 11.0 Å². The van der Waals surface area contributed by atoms with Crippen molar-refractivity contribution < 1.29 is 18.6 Å². The third kappa shape index (κ3) is 2.86. The van der Waals surface area contributed by atoms with Crippen molar-refractivity contribution >= 4 is 47.9 Å². The quantitative estimate of drug-likeness (QED) is 0.736. The molecule has 4 rings (SSSR count). The van der Waals surface area contributed by atoms with Crippen LogP contribution in [0.4, 0.5) is 0 Å². The van der Waals surface area contributed by atoms with Gasteiger partial charge in [0.25, 0.3) is 0 Å². The fourth-order valence-electron chi connectivity index (χ4n) is 3.27. The smallest absolute Gasteiger partial charge is 0.399 e. The lowest BCUT2D eigenvalue weighted by molar-refractivity contribution is 0.00578. The number of hydrogen-bond donors (Lipinski definition) is 0. The second-order valence-electron chi connectivity index (χ2n) is 9.38. The number of hydrogen-bond acceptors (Lipinski definition) is 7. The summed E-state index contributed by atoms with van der Waals surface area (Å²) >= 11 is 1.18. The zero-order chi connectivity index (χ0) is 19.8. The van der Waals surface area contributed by atoms with Gasteiger partial charge in [-0.2, -0.15) is 8.75 Å². The Labute approximate surface area is 165 Å². The van der Waals surface area contributed by atoms with Crippen molar-refractivity contribution in [2.45, 2.75) is 77.8 Å². The van der Waals surface area contributed by atoms with Gasteiger partial charge in [0.2, 0.25) is 0 Å². The molecule has 2 aliphatic rings. The molecule has 9 heteroatoms. The van der Waals surface area contributed by atoms with E-state index < -0.39 is 36.6 Å². The van der Waals surface area contributed by atoms with Gasteiger partial charge in [-0.15, -0.1) is 0 Å². The summed E-state index contributed by atoms with van der Waals surface area (Å²) in [6.45, 7) is 16.4. The van der Waals surface area contributed by atoms with E-state index in [9.17, 15) is 0 Å². The van der Waals surface area contributed by atoms with Gasteiger partial charge in [-0.25, -0.2) is 0 Å². The van der Waals surface area contributed by atoms with Crippen LogP contribution in [0.15, 0.2) is 12.1 Å². The predicted octanol–water partition coefficient (Wildman–Crippen LogP) is 2.29. The zero-order valence-electron chi connectivity index (χ0n) is 17.2. The van der Waals surface area contributed by atoms with Gasteiger partial charge in [0.1, 0.15) is 11.0 Å². The van der Waals surface area contributed by atoms with E-state index in [1.165, 1.54) is 11.7 Å². The maximum Gasteiger partial charge on any atom is 0.496 e. The minimum absolute atomic E-state index is 0.430. The zero-order valence-corrected chi connectivity index (χ0v) is 18.1. The van der Waals surface area contributed by atoms with Crippen LogP contribution in [0.1, 0.15) is 55.4 Å². The van der Waals surface area contributed by atoms with Crippen LogP contribution in [0.3, 0.4) is 0 Å². The SMILES string of the molecule is CC1(C)OB(c2ccc3nsnc3c2B2OC(C)(C)C(C)(C)O2)OC1(C)C. The van der Waals surface area contributed by atoms with Crippen molar-refractivity contribution in [3.63, 3.8) is 0 Å². The van der Waals surface area contributed by atoms with Crippen molar-refractivity contribution in [3.8, 4) is 0 Å². The molecule has 6 nitrogen and oxygen atoms in total. The Kier molecular flexibility index (Phi) is 4.13. The highest BCUT2D eigenvalue weighted by Crippen LogP contribution is 2.38. The van der Waals surface area contributed by atoms with Crippen LogP contribution in [-0.2, 0) is 18.6 Å². The Morgan fingerprint density at radius 1 is 0.704 bits per heavy atom. The highest BCUT2D eigenvalue weighted by atomic mass is 32.1. The molecule has 0 N–H and O–H groups in total. The van der Waals surface area contributed by atoms with Crippen LogP contribution in [0, 0.1) is 0 Å². The first-order valence-corrected chi connectivity index (χ1v) is 10.0. The molecule has 2 saturated heterocycles. The number of rotatable bonds is 2. The maximum absolute atomic E-state index is 6.34. The lowest BCUT2D eigenvalue weighted by Crippen LogP contribution is -2.52. The van der Waals surface area contributed by atoms with Crippen molar-refractivity contribution in [2.24, 2.45) is 0 Å². The van der Waals surface area contributed by atoms with Crippen LogP contribution in [0.2, 0.25) is 0 Å². The Morgan fingerprint density at radius 3 is 1.70 bits per heavy atom. The van der Waals surface area contributed by atoms with Gasteiger partial charge in [-0.05, 0) is 66.9 Å². The Hall–Kier alpha value is -0.990. The second-order valence-corrected chi connectivity index (χ2v) is 9.91. The molecule has 0 radical (unpaired) electrons. The van der Waals surface area contributed by atoms with Crippen molar-refractivity contribution in [2.75, 3.05) is 0 Å². The fourth-order valence-corrected chi connectivity index (χ4v) is 3.82. The van der Waals surface area contributed by atoms with E-state index in [-0.39, 0.29) is 0 Å². The molecule has 0 aliphatic carbocycles. The number of benzene rings is 1. The molecular formula is C18H26B2N2O4S. The molecule has 1 aromatic heterocycles. The van der Waals surface area contributed by atoms with Gasteiger partial charge in [-0.3, -0.25) is 0 Å². The molecule has 3 heterocycles. The second kappa shape index (κ2) is 5.76. The third-order valence-corrected chi connectivity index (χ3v) is 7.04. The molecule has 0 spiro atoms. The van der Waals surface area contributed by atoms with Crippen LogP contribution >= 0.6 is 11.7 Å². The Morgan fingerprint density at radius 2 is 1.19 bits per heavy atom. The summed E-state index contributed by atoms with van der Waals surface area (Å²) < 4.78 is 34.2. The summed E-state index contributed by atoms with van der Waals surface area (Å²) in [6, 6.07) is 3.94. The maximum atomic E-state index is 6.34. The summed E-state index contributed by atoms with van der Waals surface area (Å²) in [5, 5.41) is 0. The summed E-state index contributed by atoms with van der Waals surface area (Å²) in [7, 11) is -1.08. The normalized spacial score (nSPS) is 25.5. The summed E-state index contributed by atoms with van der Waals surface area (Å²) in [5.74, 6) is 0. The standard InChI is InChI=1S/C18H26B2N2O4S/c1-15(2)16(3,4)24-19(23-15)11-9-10-12-14(22-27-21-12)13(11)20-25-17(5,6)18(7,8)26-20/h9-10H,1-8H3. The summed E-state index contributed by atoms with van der Waals surface area (Å²) in [6.07, 6.45) is 0. The fraction of sp³-hybridized carbons (Fsp3) is 0.667. The van der Waals surface area contributed by atoms with E-state index in [1.807, 2.05) is 67.5 Å². The molecule has 2 aliphatic heterocycles. The average molecular weight is 388 g/mol. The number of nitrogens with zero attached hydrogens (tertiary/aromatic N) is 2. The first kappa shape index (κ1) is 19.3. The Bertz CT molecular complexity index is 865. The number of aromatic nitrogens is 2. The highest BCUT2D eigenvalue weighted by Gasteiger charge is 2.56. The molecule has 144 valence electrons. The molecule has 0 bridgehead atoms. The highest BCUT2D eigenvalue weighted by molar-refractivity contribution is 7.00. The van der Waals surface area contributed by atoms with E-state index in [4.69, 9.17) is 18.6 Å². The van der Waals surface area contributed by atoms with Gasteiger partial charge in [0.15, 0.2) is 0 Å². The first-order chi connectivity index (χ1) is 12.3. The van der Waals surface area contributed by atoms with Crippen molar-refractivity contribution in [1.29, 1.82) is 0 Å². The van der Waals surface area contributed by atoms with Gasteiger partial charge in [0.05, 0.1) is 34.1 Å². The van der Waals surface area contributed by atoms with Crippen molar-refractivity contribution in [3.05, 3.63) is 12.1 Å². The minimum atomic E-state index is -0.559. The van der Waals surface area contributed by atoms with E-state index in [2.05, 4.69) is 8.75 Å². The van der Waals surface area contributed by atoms with E-state index in [0.717, 1.165) is 22.0 Å². The molecule has 27 heavy (non-hydrogen) atoms. The van der Waals surface area contributed by atoms with E-state index >= 15 is 0 Å². The Balaban J connectivity index is 1.83. The molecule has 0 amide bonds. The third-order valence-electron chi connectivity index (χ3n) is 6.50. The molecule has 0 atom stereocenters. The predicted molar refractivity (Wildman–Crippen MR) is 109 cm³/mol. The van der Waals surface area contributed by atoms with E-state index in [1.54, 1.807) is 0 Å². The topological polar surface area (TPSA) is 62.7 Å². The largest absolute Gasteiger partial charge is 0.496 e. The average Bonchev–Trinajstić information content (AvgIpc) is 3.12. The first-order valence-electron chi connectivity index (χ1n) is 9.31. The molecule has 2 aromatic rings. The van der Waals surface area contributed by atoms with Gasteiger partial charge >= 0.3 is 14.2 Å². The molecule has 0 unspecified atom stereocenters. The van der Waals surface area contributed by atoms with E-state index in [0.29, 0.717) is 0 Å². The van der Waals surface area contributed by atoms with Gasteiger partial charge < -0.3 is 18.6 Å². The van der Waals surface area contributed by atoms with Crippen LogP contribution in [-0.4, -0.2) is 45.4 Å².